The molecule has 0 saturated carbocycles. The molecule has 1 aromatic heterocycles. The van der Waals surface area contributed by atoms with Crippen molar-refractivity contribution in [1.82, 2.24) is 14.9 Å². The molecule has 1 aromatic carbocycles. The molecule has 28 heavy (non-hydrogen) atoms. The smallest absolute Gasteiger partial charge is 0.329 e. The number of carbonyl (C=O) groups excluding carboxylic acids is 1. The zero-order valence-corrected chi connectivity index (χ0v) is 15.6. The van der Waals surface area contributed by atoms with E-state index in [1.165, 1.54) is 17.0 Å². The van der Waals surface area contributed by atoms with Gasteiger partial charge in [0.2, 0.25) is 0 Å². The number of hydrogen-bond acceptors (Lipinski definition) is 4. The predicted octanol–water partition coefficient (Wildman–Crippen LogP) is 3.45. The molecule has 146 valence electrons. The van der Waals surface area contributed by atoms with Crippen molar-refractivity contribution in [3.05, 3.63) is 42.0 Å². The molecule has 4 rings (SSSR count). The Hall–Kier alpha value is -3.03. The number of piperidine rings is 1. The minimum atomic E-state index is -1.20. The standard InChI is InChI=1S/C20H21FN4O3/c1-11-6-13-10-20(9-11,18(26)27)25(13)19(28)24-16-8-14(12(2)7-15(16)21)17-22-4-3-5-23-17/h3-5,7-8,11,13H,6,9-10H2,1-2H3,(H,24,28)(H,26,27)/t11?,13-,20?/m0/s1. The Morgan fingerprint density at radius 2 is 2.00 bits per heavy atom. The molecule has 2 aliphatic rings. The van der Waals surface area contributed by atoms with Crippen LogP contribution in [0.3, 0.4) is 0 Å². The fraction of sp³-hybridized carbons (Fsp3) is 0.400. The molecule has 0 radical (unpaired) electrons. The topological polar surface area (TPSA) is 95.4 Å². The first kappa shape index (κ1) is 18.3. The highest BCUT2D eigenvalue weighted by Gasteiger charge is 2.63. The summed E-state index contributed by atoms with van der Waals surface area (Å²) in [5.74, 6) is -0.939. The molecular formula is C20H21FN4O3. The summed E-state index contributed by atoms with van der Waals surface area (Å²) >= 11 is 0. The van der Waals surface area contributed by atoms with Crippen molar-refractivity contribution in [2.75, 3.05) is 5.32 Å². The number of nitrogens with zero attached hydrogens (tertiary/aromatic N) is 3. The van der Waals surface area contributed by atoms with Crippen molar-refractivity contribution in [2.45, 2.75) is 44.7 Å². The average molecular weight is 384 g/mol. The van der Waals surface area contributed by atoms with Gasteiger partial charge in [0, 0.05) is 30.4 Å². The first-order chi connectivity index (χ1) is 13.3. The highest BCUT2D eigenvalue weighted by Crippen LogP contribution is 2.50. The summed E-state index contributed by atoms with van der Waals surface area (Å²) in [5, 5.41) is 12.3. The molecule has 2 saturated heterocycles. The highest BCUT2D eigenvalue weighted by molar-refractivity contribution is 5.96. The Morgan fingerprint density at radius 3 is 2.68 bits per heavy atom. The Labute approximate surface area is 161 Å². The summed E-state index contributed by atoms with van der Waals surface area (Å²) < 4.78 is 14.5. The zero-order valence-electron chi connectivity index (χ0n) is 15.6. The first-order valence-corrected chi connectivity index (χ1v) is 9.23. The minimum Gasteiger partial charge on any atom is -0.479 e. The normalized spacial score (nSPS) is 25.8. The van der Waals surface area contributed by atoms with E-state index in [1.807, 2.05) is 6.92 Å². The maximum absolute atomic E-state index is 14.5. The Kier molecular flexibility index (Phi) is 4.28. The van der Waals surface area contributed by atoms with E-state index in [0.29, 0.717) is 29.8 Å². The number of rotatable bonds is 3. The van der Waals surface area contributed by atoms with Gasteiger partial charge in [0.15, 0.2) is 5.82 Å². The lowest BCUT2D eigenvalue weighted by Crippen LogP contribution is -2.75. The Bertz CT molecular complexity index is 952. The Balaban J connectivity index is 1.63. The number of carboxylic acids is 1. The van der Waals surface area contributed by atoms with Gasteiger partial charge in [-0.25, -0.2) is 23.9 Å². The van der Waals surface area contributed by atoms with Crippen LogP contribution >= 0.6 is 0 Å². The number of halogens is 1. The summed E-state index contributed by atoms with van der Waals surface area (Å²) in [4.78, 5) is 34.5. The van der Waals surface area contributed by atoms with Gasteiger partial charge in [-0.15, -0.1) is 0 Å². The van der Waals surface area contributed by atoms with E-state index in [-0.39, 0.29) is 17.6 Å². The predicted molar refractivity (Wildman–Crippen MR) is 100 cm³/mol. The number of urea groups is 1. The number of aryl methyl sites for hydroxylation is 1. The van der Waals surface area contributed by atoms with Crippen LogP contribution in [0.15, 0.2) is 30.6 Å². The van der Waals surface area contributed by atoms with Crippen LogP contribution in [0, 0.1) is 18.7 Å². The van der Waals surface area contributed by atoms with Crippen molar-refractivity contribution in [3.8, 4) is 11.4 Å². The van der Waals surface area contributed by atoms with Gasteiger partial charge in [0.25, 0.3) is 0 Å². The zero-order chi connectivity index (χ0) is 20.1. The highest BCUT2D eigenvalue weighted by atomic mass is 19.1. The van der Waals surface area contributed by atoms with E-state index in [4.69, 9.17) is 0 Å². The van der Waals surface area contributed by atoms with Gasteiger partial charge < -0.3 is 15.3 Å². The fourth-order valence-corrected chi connectivity index (χ4v) is 4.57. The lowest BCUT2D eigenvalue weighted by atomic mass is 9.64. The van der Waals surface area contributed by atoms with Gasteiger partial charge in [-0.2, -0.15) is 0 Å². The van der Waals surface area contributed by atoms with Crippen molar-refractivity contribution in [1.29, 1.82) is 0 Å². The monoisotopic (exact) mass is 384 g/mol. The average Bonchev–Trinajstić information content (AvgIpc) is 2.63. The van der Waals surface area contributed by atoms with Crippen molar-refractivity contribution >= 4 is 17.7 Å². The number of carbonyl (C=O) groups is 2. The second-order valence-corrected chi connectivity index (χ2v) is 7.76. The summed E-state index contributed by atoms with van der Waals surface area (Å²) in [5.41, 5.74) is 0.0246. The van der Waals surface area contributed by atoms with Crippen LogP contribution in [-0.2, 0) is 4.79 Å². The third-order valence-corrected chi connectivity index (χ3v) is 5.74. The van der Waals surface area contributed by atoms with Crippen LogP contribution in [0.25, 0.3) is 11.4 Å². The minimum absolute atomic E-state index is 0.0170. The summed E-state index contributed by atoms with van der Waals surface area (Å²) in [6.07, 6.45) is 4.78. The summed E-state index contributed by atoms with van der Waals surface area (Å²) in [6.45, 7) is 3.73. The number of aliphatic carboxylic acids is 1. The van der Waals surface area contributed by atoms with E-state index in [2.05, 4.69) is 15.3 Å². The van der Waals surface area contributed by atoms with E-state index in [1.54, 1.807) is 25.4 Å². The van der Waals surface area contributed by atoms with Crippen LogP contribution in [-0.4, -0.2) is 43.6 Å². The SMILES string of the molecule is Cc1cc(F)c(NC(=O)N2[C@H]3CC(C)CC2(C(=O)O)C3)cc1-c1ncccn1. The van der Waals surface area contributed by atoms with Gasteiger partial charge in [-0.3, -0.25) is 0 Å². The van der Waals surface area contributed by atoms with Crippen molar-refractivity contribution in [3.63, 3.8) is 0 Å². The van der Waals surface area contributed by atoms with Gasteiger partial charge in [-0.1, -0.05) is 6.92 Å². The van der Waals surface area contributed by atoms with E-state index in [0.717, 1.165) is 6.42 Å². The van der Waals surface area contributed by atoms with Gasteiger partial charge in [0.1, 0.15) is 11.4 Å². The molecule has 2 aromatic rings. The Morgan fingerprint density at radius 1 is 1.29 bits per heavy atom. The number of carboxylic acid groups (broad SMARTS) is 1. The molecule has 2 aliphatic heterocycles. The molecule has 2 amide bonds. The number of anilines is 1. The molecule has 8 heteroatoms. The number of hydrogen-bond donors (Lipinski definition) is 2. The quantitative estimate of drug-likeness (QED) is 0.845. The first-order valence-electron chi connectivity index (χ1n) is 9.23. The lowest BCUT2D eigenvalue weighted by molar-refractivity contribution is -0.173. The summed E-state index contributed by atoms with van der Waals surface area (Å²) in [6, 6.07) is 3.76. The maximum Gasteiger partial charge on any atom is 0.329 e. The number of benzene rings is 1. The van der Waals surface area contributed by atoms with Crippen LogP contribution in [0.2, 0.25) is 0 Å². The lowest BCUT2D eigenvalue weighted by Gasteiger charge is -2.60. The number of fused-ring (bicyclic) bond motifs is 2. The van der Waals surface area contributed by atoms with Crippen LogP contribution < -0.4 is 5.32 Å². The summed E-state index contributed by atoms with van der Waals surface area (Å²) in [7, 11) is 0. The molecule has 3 atom stereocenters. The van der Waals surface area contributed by atoms with Gasteiger partial charge >= 0.3 is 12.0 Å². The maximum atomic E-state index is 14.5. The molecule has 2 fully saturated rings. The van der Waals surface area contributed by atoms with Crippen LogP contribution in [0.4, 0.5) is 14.9 Å². The molecule has 2 unspecified atom stereocenters. The third-order valence-electron chi connectivity index (χ3n) is 5.74. The second kappa shape index (κ2) is 6.54. The van der Waals surface area contributed by atoms with Gasteiger partial charge in [-0.05, 0) is 49.4 Å². The molecular weight excluding hydrogens is 363 g/mol. The van der Waals surface area contributed by atoms with E-state index in [9.17, 15) is 19.1 Å². The van der Waals surface area contributed by atoms with Crippen LogP contribution in [0.5, 0.6) is 0 Å². The van der Waals surface area contributed by atoms with E-state index < -0.39 is 23.4 Å². The van der Waals surface area contributed by atoms with Crippen molar-refractivity contribution in [2.24, 2.45) is 5.92 Å². The molecule has 0 spiro atoms. The van der Waals surface area contributed by atoms with Crippen molar-refractivity contribution < 1.29 is 19.1 Å². The molecule has 2 bridgehead atoms. The number of aromatic nitrogens is 2. The fourth-order valence-electron chi connectivity index (χ4n) is 4.57. The third kappa shape index (κ3) is 2.80. The van der Waals surface area contributed by atoms with E-state index >= 15 is 0 Å². The molecule has 0 aliphatic carbocycles. The second-order valence-electron chi connectivity index (χ2n) is 7.76. The largest absolute Gasteiger partial charge is 0.479 e. The van der Waals surface area contributed by atoms with Crippen LogP contribution in [0.1, 0.15) is 31.7 Å². The molecule has 7 nitrogen and oxygen atoms in total. The number of amides is 2. The molecule has 2 N–H and O–H groups in total. The molecule has 3 heterocycles. The van der Waals surface area contributed by atoms with Gasteiger partial charge in [0.05, 0.1) is 5.69 Å². The number of nitrogens with one attached hydrogen (secondary N) is 1.